The number of hydrogen-bond donors (Lipinski definition) is 0. The molecule has 1 aromatic rings. The second kappa shape index (κ2) is 7.62. The molecule has 1 aromatic carbocycles. The number of carbonyl (C=O) groups excluding carboxylic acids is 2. The molecule has 1 heterocycles. The van der Waals surface area contributed by atoms with E-state index >= 15 is 0 Å². The molecule has 21 heavy (non-hydrogen) atoms. The number of nitrogens with zero attached hydrogens (tertiary/aromatic N) is 2. The number of likely N-dealkylation sites (N-methyl/N-ethyl adjacent to an activating group) is 1. The molecule has 0 aliphatic carbocycles. The third-order valence-corrected chi connectivity index (χ3v) is 3.67. The number of benzene rings is 1. The molecule has 0 aromatic heterocycles. The lowest BCUT2D eigenvalue weighted by atomic mass is 10.1. The Bertz CT molecular complexity index is 505. The van der Waals surface area contributed by atoms with Crippen LogP contribution in [0.4, 0.5) is 4.79 Å². The third kappa shape index (κ3) is 3.94. The quantitative estimate of drug-likeness (QED) is 0.798. The van der Waals surface area contributed by atoms with Crippen LogP contribution in [-0.2, 0) is 4.79 Å². The van der Waals surface area contributed by atoms with E-state index in [0.717, 1.165) is 31.5 Å². The highest BCUT2D eigenvalue weighted by Gasteiger charge is 2.24. The van der Waals surface area contributed by atoms with Gasteiger partial charge in [-0.05, 0) is 37.8 Å². The number of amides is 2. The summed E-state index contributed by atoms with van der Waals surface area (Å²) in [6.45, 7) is 3.88. The van der Waals surface area contributed by atoms with E-state index in [1.165, 1.54) is 11.3 Å². The second-order valence-electron chi connectivity index (χ2n) is 5.12. The van der Waals surface area contributed by atoms with E-state index in [9.17, 15) is 9.59 Å². The van der Waals surface area contributed by atoms with Crippen molar-refractivity contribution in [3.63, 3.8) is 0 Å². The van der Waals surface area contributed by atoms with Crippen molar-refractivity contribution in [1.29, 1.82) is 0 Å². The average Bonchev–Trinajstić information content (AvgIpc) is 2.56. The molecule has 1 radical (unpaired) electrons. The van der Waals surface area contributed by atoms with E-state index < -0.39 is 0 Å². The van der Waals surface area contributed by atoms with Crippen LogP contribution in [0.15, 0.2) is 36.0 Å². The first-order valence-corrected chi connectivity index (χ1v) is 7.47. The SMILES string of the molecule is CCN(C(=O)N1CCCCC1)C([C]=O)=Cc1ccccc1. The summed E-state index contributed by atoms with van der Waals surface area (Å²) in [6, 6.07) is 9.42. The molecule has 0 saturated carbocycles. The molecule has 1 saturated heterocycles. The van der Waals surface area contributed by atoms with Gasteiger partial charge in [0.05, 0.1) is 5.70 Å². The minimum atomic E-state index is -0.0947. The van der Waals surface area contributed by atoms with E-state index in [0.29, 0.717) is 12.2 Å². The zero-order valence-electron chi connectivity index (χ0n) is 12.4. The van der Waals surface area contributed by atoms with Crippen molar-refractivity contribution >= 4 is 18.4 Å². The zero-order valence-corrected chi connectivity index (χ0v) is 12.4. The summed E-state index contributed by atoms with van der Waals surface area (Å²) in [7, 11) is 0. The fraction of sp³-hybridized carbons (Fsp3) is 0.412. The fourth-order valence-corrected chi connectivity index (χ4v) is 2.53. The van der Waals surface area contributed by atoms with Crippen LogP contribution in [0.3, 0.4) is 0 Å². The second-order valence-corrected chi connectivity index (χ2v) is 5.12. The molecule has 111 valence electrons. The predicted octanol–water partition coefficient (Wildman–Crippen LogP) is 3.07. The van der Waals surface area contributed by atoms with E-state index in [-0.39, 0.29) is 6.03 Å². The van der Waals surface area contributed by atoms with E-state index in [1.54, 1.807) is 6.08 Å². The lowest BCUT2D eigenvalue weighted by Crippen LogP contribution is -2.45. The summed E-state index contributed by atoms with van der Waals surface area (Å²) in [5.74, 6) is 0. The fourth-order valence-electron chi connectivity index (χ4n) is 2.53. The number of hydrogen-bond acceptors (Lipinski definition) is 2. The molecule has 2 amide bonds. The van der Waals surface area contributed by atoms with E-state index in [1.807, 2.05) is 48.4 Å². The topological polar surface area (TPSA) is 40.6 Å². The van der Waals surface area contributed by atoms with Gasteiger partial charge in [-0.3, -0.25) is 9.69 Å². The zero-order chi connectivity index (χ0) is 15.1. The normalized spacial score (nSPS) is 15.7. The molecular weight excluding hydrogens is 264 g/mol. The number of piperidine rings is 1. The maximum absolute atomic E-state index is 12.6. The summed E-state index contributed by atoms with van der Waals surface area (Å²) in [4.78, 5) is 27.2. The highest BCUT2D eigenvalue weighted by atomic mass is 16.2. The molecule has 4 nitrogen and oxygen atoms in total. The number of allylic oxidation sites excluding steroid dienone is 1. The van der Waals surface area contributed by atoms with Crippen molar-refractivity contribution in [3.05, 3.63) is 41.6 Å². The Morgan fingerprint density at radius 1 is 1.24 bits per heavy atom. The third-order valence-electron chi connectivity index (χ3n) is 3.67. The van der Waals surface area contributed by atoms with Crippen molar-refractivity contribution in [2.75, 3.05) is 19.6 Å². The predicted molar refractivity (Wildman–Crippen MR) is 83.3 cm³/mol. The van der Waals surface area contributed by atoms with E-state index in [2.05, 4.69) is 0 Å². The van der Waals surface area contributed by atoms with Gasteiger partial charge < -0.3 is 4.90 Å². The van der Waals surface area contributed by atoms with Crippen LogP contribution in [0.2, 0.25) is 0 Å². The van der Waals surface area contributed by atoms with Crippen molar-refractivity contribution in [2.45, 2.75) is 26.2 Å². The smallest absolute Gasteiger partial charge is 0.324 e. The van der Waals surface area contributed by atoms with Crippen LogP contribution < -0.4 is 0 Å². The van der Waals surface area contributed by atoms with Crippen molar-refractivity contribution in [1.82, 2.24) is 9.80 Å². The molecule has 0 bridgehead atoms. The Morgan fingerprint density at radius 3 is 2.48 bits per heavy atom. The van der Waals surface area contributed by atoms with E-state index in [4.69, 9.17) is 0 Å². The van der Waals surface area contributed by atoms with Gasteiger partial charge in [-0.25, -0.2) is 4.79 Å². The molecule has 0 unspecified atom stereocenters. The van der Waals surface area contributed by atoms with Gasteiger partial charge in [0.1, 0.15) is 0 Å². The molecular formula is C17H21N2O2. The summed E-state index contributed by atoms with van der Waals surface area (Å²) >= 11 is 0. The van der Waals surface area contributed by atoms with Gasteiger partial charge in [0.25, 0.3) is 6.29 Å². The van der Waals surface area contributed by atoms with Gasteiger partial charge in [-0.2, -0.15) is 0 Å². The summed E-state index contributed by atoms with van der Waals surface area (Å²) in [6.07, 6.45) is 6.85. The Hall–Kier alpha value is -2.10. The molecule has 1 fully saturated rings. The van der Waals surface area contributed by atoms with Crippen LogP contribution in [0, 0.1) is 0 Å². The lowest BCUT2D eigenvalue weighted by molar-refractivity contribution is 0.159. The molecule has 1 aliphatic heterocycles. The largest absolute Gasteiger partial charge is 0.324 e. The minimum absolute atomic E-state index is 0.0947. The molecule has 0 N–H and O–H groups in total. The maximum Gasteiger partial charge on any atom is 0.324 e. The molecule has 0 atom stereocenters. The van der Waals surface area contributed by atoms with Crippen molar-refractivity contribution in [3.8, 4) is 0 Å². The van der Waals surface area contributed by atoms with Gasteiger partial charge in [0.2, 0.25) is 0 Å². The number of urea groups is 1. The number of rotatable bonds is 4. The van der Waals surface area contributed by atoms with Gasteiger partial charge in [0.15, 0.2) is 0 Å². The molecule has 2 rings (SSSR count). The van der Waals surface area contributed by atoms with Crippen LogP contribution in [0.1, 0.15) is 31.7 Å². The monoisotopic (exact) mass is 285 g/mol. The summed E-state index contributed by atoms with van der Waals surface area (Å²) in [5, 5.41) is 0. The summed E-state index contributed by atoms with van der Waals surface area (Å²) in [5.41, 5.74) is 1.18. The van der Waals surface area contributed by atoms with Crippen LogP contribution in [0.5, 0.6) is 0 Å². The van der Waals surface area contributed by atoms with Crippen LogP contribution in [-0.4, -0.2) is 41.8 Å². The Kier molecular flexibility index (Phi) is 5.55. The first-order chi connectivity index (χ1) is 10.3. The van der Waals surface area contributed by atoms with Gasteiger partial charge >= 0.3 is 6.03 Å². The highest BCUT2D eigenvalue weighted by molar-refractivity contribution is 5.89. The Labute approximate surface area is 126 Å². The number of likely N-dealkylation sites (tertiary alicyclic amines) is 1. The Balaban J connectivity index is 2.19. The number of carbonyl (C=O) groups is 1. The van der Waals surface area contributed by atoms with Crippen molar-refractivity contribution in [2.24, 2.45) is 0 Å². The van der Waals surface area contributed by atoms with Gasteiger partial charge in [-0.15, -0.1) is 0 Å². The highest BCUT2D eigenvalue weighted by Crippen LogP contribution is 2.15. The average molecular weight is 285 g/mol. The summed E-state index contributed by atoms with van der Waals surface area (Å²) < 4.78 is 0. The molecule has 4 heteroatoms. The maximum atomic E-state index is 12.6. The Morgan fingerprint density at radius 2 is 1.90 bits per heavy atom. The minimum Gasteiger partial charge on any atom is -0.324 e. The van der Waals surface area contributed by atoms with Gasteiger partial charge in [-0.1, -0.05) is 30.3 Å². The standard InChI is InChI=1S/C17H21N2O2/c1-2-19(17(21)18-11-7-4-8-12-18)16(14-20)13-15-9-5-3-6-10-15/h3,5-6,9-10,13H,2,4,7-8,11-12H2,1H3. The molecule has 1 aliphatic rings. The van der Waals surface area contributed by atoms with Crippen LogP contribution in [0.25, 0.3) is 6.08 Å². The first-order valence-electron chi connectivity index (χ1n) is 7.47. The van der Waals surface area contributed by atoms with Crippen LogP contribution >= 0.6 is 0 Å². The first kappa shape index (κ1) is 15.3. The van der Waals surface area contributed by atoms with Crippen molar-refractivity contribution < 1.29 is 9.59 Å². The molecule has 0 spiro atoms. The lowest BCUT2D eigenvalue weighted by Gasteiger charge is -2.32. The van der Waals surface area contributed by atoms with Gasteiger partial charge in [0, 0.05) is 19.6 Å².